The Kier molecular flexibility index (Phi) is 5.22. The molecule has 0 spiro atoms. The minimum atomic E-state index is 0.515. The zero-order valence-electron chi connectivity index (χ0n) is 16.5. The fraction of sp³-hybridized carbons (Fsp3) is 0.200. The summed E-state index contributed by atoms with van der Waals surface area (Å²) >= 11 is 1.44. The standard InChI is InChI=1S/C20H20N6O2S/c1-12-8-13(10-21-9-12)19-24-18-20(23-16(11-22-18)25-29-4)26(19)17-14(27-2)6-5-7-15(17)28-3/h5-11H,1-4H3,(H,23,25). The highest BCUT2D eigenvalue weighted by Gasteiger charge is 2.23. The van der Waals surface area contributed by atoms with E-state index < -0.39 is 0 Å². The number of anilines is 1. The second-order valence-electron chi connectivity index (χ2n) is 6.24. The van der Waals surface area contributed by atoms with E-state index in [-0.39, 0.29) is 0 Å². The summed E-state index contributed by atoms with van der Waals surface area (Å²) < 4.78 is 16.3. The molecule has 1 aromatic carbocycles. The summed E-state index contributed by atoms with van der Waals surface area (Å²) in [7, 11) is 3.25. The van der Waals surface area contributed by atoms with Gasteiger partial charge in [0.2, 0.25) is 0 Å². The SMILES string of the molecule is COc1cccc(OC)c1-n1c(-c2cncc(C)c2)nc2ncc(NSC)nc21. The van der Waals surface area contributed by atoms with Gasteiger partial charge >= 0.3 is 0 Å². The average Bonchev–Trinajstić information content (AvgIpc) is 3.11. The van der Waals surface area contributed by atoms with Gasteiger partial charge in [-0.3, -0.25) is 9.55 Å². The van der Waals surface area contributed by atoms with Crippen LogP contribution in [0.2, 0.25) is 0 Å². The summed E-state index contributed by atoms with van der Waals surface area (Å²) in [5.74, 6) is 2.56. The molecule has 0 saturated carbocycles. The van der Waals surface area contributed by atoms with Crippen LogP contribution in [0, 0.1) is 6.92 Å². The zero-order chi connectivity index (χ0) is 20.4. The molecular weight excluding hydrogens is 388 g/mol. The molecule has 3 heterocycles. The quantitative estimate of drug-likeness (QED) is 0.481. The Hall–Kier alpha value is -3.33. The highest BCUT2D eigenvalue weighted by Crippen LogP contribution is 2.38. The molecule has 0 amide bonds. The Morgan fingerprint density at radius 2 is 1.79 bits per heavy atom. The van der Waals surface area contributed by atoms with Crippen molar-refractivity contribution >= 4 is 29.1 Å². The maximum Gasteiger partial charge on any atom is 0.198 e. The molecule has 4 rings (SSSR count). The summed E-state index contributed by atoms with van der Waals surface area (Å²) in [6.45, 7) is 1.99. The lowest BCUT2D eigenvalue weighted by Gasteiger charge is -2.16. The number of nitrogens with one attached hydrogen (secondary N) is 1. The van der Waals surface area contributed by atoms with E-state index in [1.807, 2.05) is 42.0 Å². The third kappa shape index (κ3) is 3.44. The van der Waals surface area contributed by atoms with Crippen LogP contribution in [0.4, 0.5) is 5.82 Å². The van der Waals surface area contributed by atoms with Crippen LogP contribution in [0.5, 0.6) is 11.5 Å². The molecule has 3 aromatic heterocycles. The molecule has 0 fully saturated rings. The number of ether oxygens (including phenoxy) is 2. The third-order valence-corrected chi connectivity index (χ3v) is 4.75. The Balaban J connectivity index is 2.10. The van der Waals surface area contributed by atoms with E-state index in [4.69, 9.17) is 19.4 Å². The summed E-state index contributed by atoms with van der Waals surface area (Å²) in [4.78, 5) is 18.3. The van der Waals surface area contributed by atoms with Crippen LogP contribution in [0.15, 0.2) is 42.9 Å². The fourth-order valence-electron chi connectivity index (χ4n) is 3.14. The lowest BCUT2D eigenvalue weighted by Crippen LogP contribution is -2.05. The molecule has 0 saturated heterocycles. The van der Waals surface area contributed by atoms with Gasteiger partial charge in [-0.05, 0) is 30.7 Å². The van der Waals surface area contributed by atoms with E-state index in [1.54, 1.807) is 32.8 Å². The number of aryl methyl sites for hydroxylation is 1. The molecule has 148 valence electrons. The van der Waals surface area contributed by atoms with Crippen LogP contribution in [0.25, 0.3) is 28.4 Å². The summed E-state index contributed by atoms with van der Waals surface area (Å²) in [5, 5.41) is 0. The monoisotopic (exact) mass is 408 g/mol. The Morgan fingerprint density at radius 1 is 1.03 bits per heavy atom. The normalized spacial score (nSPS) is 10.9. The van der Waals surface area contributed by atoms with Crippen molar-refractivity contribution in [1.82, 2.24) is 24.5 Å². The Morgan fingerprint density at radius 3 is 2.45 bits per heavy atom. The number of methoxy groups -OCH3 is 2. The molecule has 1 N–H and O–H groups in total. The molecule has 8 nitrogen and oxygen atoms in total. The molecule has 29 heavy (non-hydrogen) atoms. The largest absolute Gasteiger partial charge is 0.494 e. The predicted molar refractivity (Wildman–Crippen MR) is 115 cm³/mol. The first-order valence-electron chi connectivity index (χ1n) is 8.84. The number of hydrogen-bond donors (Lipinski definition) is 1. The van der Waals surface area contributed by atoms with Gasteiger partial charge in [-0.2, -0.15) is 0 Å². The van der Waals surface area contributed by atoms with E-state index in [1.165, 1.54) is 11.9 Å². The van der Waals surface area contributed by atoms with Gasteiger partial charge < -0.3 is 14.2 Å². The molecule has 0 atom stereocenters. The average molecular weight is 408 g/mol. The summed E-state index contributed by atoms with van der Waals surface area (Å²) in [6.07, 6.45) is 7.16. The number of benzene rings is 1. The molecule has 0 bridgehead atoms. The molecule has 0 aliphatic rings. The Labute approximate surface area is 172 Å². The number of para-hydroxylation sites is 1. The molecule has 4 aromatic rings. The first-order valence-corrected chi connectivity index (χ1v) is 10.1. The molecule has 0 aliphatic carbocycles. The zero-order valence-corrected chi connectivity index (χ0v) is 17.3. The van der Waals surface area contributed by atoms with Gasteiger partial charge in [0.25, 0.3) is 0 Å². The first kappa shape index (κ1) is 19.0. The van der Waals surface area contributed by atoms with Crippen molar-refractivity contribution < 1.29 is 9.47 Å². The molecule has 9 heteroatoms. The molecular formula is C20H20N6O2S. The second-order valence-corrected chi connectivity index (χ2v) is 6.85. The van der Waals surface area contributed by atoms with E-state index >= 15 is 0 Å². The molecule has 0 radical (unpaired) electrons. The van der Waals surface area contributed by atoms with Crippen molar-refractivity contribution in [3.8, 4) is 28.6 Å². The van der Waals surface area contributed by atoms with Gasteiger partial charge in [-0.25, -0.2) is 15.0 Å². The number of aromatic nitrogens is 5. The van der Waals surface area contributed by atoms with Gasteiger partial charge in [0.05, 0.1) is 20.4 Å². The molecule has 0 aliphatic heterocycles. The van der Waals surface area contributed by atoms with Crippen molar-refractivity contribution in [2.45, 2.75) is 6.92 Å². The smallest absolute Gasteiger partial charge is 0.198 e. The number of nitrogens with zero attached hydrogens (tertiary/aromatic N) is 5. The van der Waals surface area contributed by atoms with Crippen molar-refractivity contribution in [1.29, 1.82) is 0 Å². The van der Waals surface area contributed by atoms with Crippen LogP contribution in [-0.2, 0) is 0 Å². The van der Waals surface area contributed by atoms with Crippen molar-refractivity contribution in [2.75, 3.05) is 25.2 Å². The highest BCUT2D eigenvalue weighted by atomic mass is 32.2. The first-order chi connectivity index (χ1) is 14.2. The van der Waals surface area contributed by atoms with Crippen molar-refractivity contribution in [3.05, 3.63) is 48.4 Å². The van der Waals surface area contributed by atoms with Gasteiger partial charge in [0, 0.05) is 24.2 Å². The van der Waals surface area contributed by atoms with Gasteiger partial charge in [-0.1, -0.05) is 18.0 Å². The topological polar surface area (TPSA) is 87.0 Å². The van der Waals surface area contributed by atoms with Crippen LogP contribution in [0.1, 0.15) is 5.56 Å². The second kappa shape index (κ2) is 7.96. The van der Waals surface area contributed by atoms with E-state index in [0.29, 0.717) is 40.1 Å². The minimum absolute atomic E-state index is 0.515. The fourth-order valence-corrected chi connectivity index (χ4v) is 3.45. The lowest BCUT2D eigenvalue weighted by molar-refractivity contribution is 0.391. The predicted octanol–water partition coefficient (Wildman–Crippen LogP) is 3.89. The number of imidazole rings is 1. The minimum Gasteiger partial charge on any atom is -0.494 e. The van der Waals surface area contributed by atoms with Crippen molar-refractivity contribution in [3.63, 3.8) is 0 Å². The van der Waals surface area contributed by atoms with Gasteiger partial charge in [0.15, 0.2) is 22.9 Å². The number of hydrogen-bond acceptors (Lipinski definition) is 8. The lowest BCUT2D eigenvalue weighted by atomic mass is 10.2. The van der Waals surface area contributed by atoms with Crippen LogP contribution in [0.3, 0.4) is 0 Å². The van der Waals surface area contributed by atoms with Crippen LogP contribution >= 0.6 is 11.9 Å². The number of fused-ring (bicyclic) bond motifs is 1. The van der Waals surface area contributed by atoms with E-state index in [9.17, 15) is 0 Å². The maximum absolute atomic E-state index is 5.64. The highest BCUT2D eigenvalue weighted by molar-refractivity contribution is 7.99. The van der Waals surface area contributed by atoms with Crippen LogP contribution < -0.4 is 14.2 Å². The maximum atomic E-state index is 5.64. The summed E-state index contributed by atoms with van der Waals surface area (Å²) in [5.41, 5.74) is 3.67. The molecule has 0 unspecified atom stereocenters. The third-order valence-electron chi connectivity index (χ3n) is 4.34. The number of pyridine rings is 1. The summed E-state index contributed by atoms with van der Waals surface area (Å²) in [6, 6.07) is 7.65. The van der Waals surface area contributed by atoms with Gasteiger partial charge in [0.1, 0.15) is 17.2 Å². The number of rotatable bonds is 6. The van der Waals surface area contributed by atoms with E-state index in [0.717, 1.165) is 11.1 Å². The van der Waals surface area contributed by atoms with E-state index in [2.05, 4.69) is 14.7 Å². The van der Waals surface area contributed by atoms with Crippen molar-refractivity contribution in [2.24, 2.45) is 0 Å². The van der Waals surface area contributed by atoms with Crippen LogP contribution in [-0.4, -0.2) is 45.0 Å². The Bertz CT molecular complexity index is 1150. The van der Waals surface area contributed by atoms with Gasteiger partial charge in [-0.15, -0.1) is 0 Å².